The molecule has 37 heavy (non-hydrogen) atoms. The van der Waals surface area contributed by atoms with Crippen LogP contribution in [0.3, 0.4) is 0 Å². The van der Waals surface area contributed by atoms with Gasteiger partial charge in [0.05, 0.1) is 11.4 Å². The van der Waals surface area contributed by atoms with Gasteiger partial charge in [0.25, 0.3) is 6.33 Å². The molecule has 0 aliphatic carbocycles. The summed E-state index contributed by atoms with van der Waals surface area (Å²) in [5.41, 5.74) is 8.63. The minimum atomic E-state index is 0.561. The minimum Gasteiger partial charge on any atom is -0.298 e. The lowest BCUT2D eigenvalue weighted by atomic mass is 9.85. The third kappa shape index (κ3) is 6.05. The van der Waals surface area contributed by atoms with Gasteiger partial charge in [0.2, 0.25) is 0 Å². The number of hydrogen-bond acceptors (Lipinski definition) is 0. The molecule has 0 N–H and O–H groups in total. The molecule has 0 aliphatic rings. The summed E-state index contributed by atoms with van der Waals surface area (Å²) in [6.45, 7) is 18.6. The average Bonchev–Trinajstić information content (AvgIpc) is 3.41. The van der Waals surface area contributed by atoms with Gasteiger partial charge in [0, 0.05) is 12.4 Å². The Morgan fingerprint density at radius 3 is 1.30 bits per heavy atom. The molecule has 1 heterocycles. The molecule has 0 saturated heterocycles. The smallest absolute Gasteiger partial charge is 0.268 e. The average molecular weight is 501 g/mol. The summed E-state index contributed by atoms with van der Waals surface area (Å²) in [6.07, 6.45) is 17.6. The first-order chi connectivity index (χ1) is 18.0. The number of benzene rings is 2. The van der Waals surface area contributed by atoms with Gasteiger partial charge in [-0.25, -0.2) is 0 Å². The molecule has 1 aromatic heterocycles. The monoisotopic (exact) mass is 500 g/mol. The highest BCUT2D eigenvalue weighted by atomic mass is 15.1. The third-order valence-electron chi connectivity index (χ3n) is 8.96. The molecule has 0 atom stereocenters. The number of nitrogens with zero attached hydrogens (tertiary/aromatic N) is 2. The first-order valence-corrected chi connectivity index (χ1v) is 15.3. The van der Waals surface area contributed by atoms with E-state index in [9.17, 15) is 0 Å². The molecule has 0 unspecified atom stereocenters. The summed E-state index contributed by atoms with van der Waals surface area (Å²) in [7, 11) is 0. The van der Waals surface area contributed by atoms with Crippen LogP contribution in [-0.4, -0.2) is 4.57 Å². The van der Waals surface area contributed by atoms with Crippen LogP contribution in [0, 0.1) is 6.33 Å². The van der Waals surface area contributed by atoms with E-state index in [2.05, 4.69) is 120 Å². The van der Waals surface area contributed by atoms with Crippen molar-refractivity contribution in [2.45, 2.75) is 130 Å². The molecular formula is C35H52N2. The molecule has 0 spiro atoms. The molecule has 2 heteroatoms. The second kappa shape index (κ2) is 14.0. The third-order valence-corrected chi connectivity index (χ3v) is 8.96. The SMILES string of the molecule is CCC(CC)c1cccc(C(CC)CC)c1-n1[c-][n+](-c2c(C(CC)CC)cccc2C(CC)CC)cc1. The van der Waals surface area contributed by atoms with Crippen molar-refractivity contribution < 1.29 is 4.57 Å². The lowest BCUT2D eigenvalue weighted by Gasteiger charge is -2.25. The summed E-state index contributed by atoms with van der Waals surface area (Å²) >= 11 is 0. The Balaban J connectivity index is 2.29. The van der Waals surface area contributed by atoms with Crippen LogP contribution in [0.2, 0.25) is 0 Å². The van der Waals surface area contributed by atoms with Crippen molar-refractivity contribution in [2.75, 3.05) is 0 Å². The van der Waals surface area contributed by atoms with Crippen molar-refractivity contribution >= 4 is 0 Å². The maximum Gasteiger partial charge on any atom is 0.268 e. The highest BCUT2D eigenvalue weighted by molar-refractivity contribution is 5.52. The van der Waals surface area contributed by atoms with Crippen molar-refractivity contribution in [3.8, 4) is 11.4 Å². The Hall–Kier alpha value is -2.35. The zero-order valence-corrected chi connectivity index (χ0v) is 25.0. The standard InChI is InChI=1S/C35H52N2/c1-9-26(10-2)30-19-17-20-31(27(11-3)12-4)34(30)36-23-24-37(25-36)35-32(28(13-5)14-6)21-18-22-33(35)29(15-7)16-8/h17-24,26-29H,9-16H2,1-8H3. The van der Waals surface area contributed by atoms with Crippen LogP contribution in [0.4, 0.5) is 0 Å². The fourth-order valence-electron chi connectivity index (χ4n) is 6.51. The van der Waals surface area contributed by atoms with Crippen LogP contribution in [-0.2, 0) is 0 Å². The summed E-state index contributed by atoms with van der Waals surface area (Å²) in [5, 5.41) is 0. The van der Waals surface area contributed by atoms with Crippen LogP contribution in [0.5, 0.6) is 0 Å². The zero-order valence-electron chi connectivity index (χ0n) is 25.0. The molecule has 0 aliphatic heterocycles. The zero-order chi connectivity index (χ0) is 26.9. The largest absolute Gasteiger partial charge is 0.298 e. The first-order valence-electron chi connectivity index (χ1n) is 15.3. The summed E-state index contributed by atoms with van der Waals surface area (Å²) in [4.78, 5) is 0. The normalized spacial score (nSPS) is 12.0. The van der Waals surface area contributed by atoms with Crippen molar-refractivity contribution in [3.63, 3.8) is 0 Å². The molecule has 0 radical (unpaired) electrons. The van der Waals surface area contributed by atoms with E-state index in [4.69, 9.17) is 0 Å². The number of imidazole rings is 1. The minimum absolute atomic E-state index is 0.561. The maximum absolute atomic E-state index is 3.85. The second-order valence-corrected chi connectivity index (χ2v) is 10.8. The molecule has 202 valence electrons. The predicted octanol–water partition coefficient (Wildman–Crippen LogP) is 10.2. The topological polar surface area (TPSA) is 8.81 Å². The molecule has 0 bridgehead atoms. The van der Waals surface area contributed by atoms with Crippen LogP contribution < -0.4 is 4.57 Å². The quantitative estimate of drug-likeness (QED) is 0.154. The second-order valence-electron chi connectivity index (χ2n) is 10.8. The number of aromatic nitrogens is 2. The van der Waals surface area contributed by atoms with Gasteiger partial charge in [-0.1, -0.05) is 91.8 Å². The van der Waals surface area contributed by atoms with Gasteiger partial charge >= 0.3 is 0 Å². The summed E-state index contributed by atoms with van der Waals surface area (Å²) < 4.78 is 4.64. The number of hydrogen-bond donors (Lipinski definition) is 0. The van der Waals surface area contributed by atoms with E-state index in [0.717, 1.165) is 51.4 Å². The van der Waals surface area contributed by atoms with Crippen LogP contribution >= 0.6 is 0 Å². The summed E-state index contributed by atoms with van der Waals surface area (Å²) in [5.74, 6) is 2.24. The molecule has 0 saturated carbocycles. The lowest BCUT2D eigenvalue weighted by molar-refractivity contribution is -0.600. The van der Waals surface area contributed by atoms with Gasteiger partial charge in [0.1, 0.15) is 0 Å². The van der Waals surface area contributed by atoms with E-state index < -0.39 is 0 Å². The van der Waals surface area contributed by atoms with Crippen LogP contribution in [0.1, 0.15) is 153 Å². The molecule has 2 nitrogen and oxygen atoms in total. The van der Waals surface area contributed by atoms with Crippen molar-refractivity contribution in [1.82, 2.24) is 4.57 Å². The van der Waals surface area contributed by atoms with Gasteiger partial charge in [-0.15, -0.1) is 0 Å². The van der Waals surface area contributed by atoms with Crippen LogP contribution in [0.15, 0.2) is 48.8 Å². The Morgan fingerprint density at radius 2 is 0.919 bits per heavy atom. The van der Waals surface area contributed by atoms with Gasteiger partial charge in [-0.3, -0.25) is 9.13 Å². The van der Waals surface area contributed by atoms with Gasteiger partial charge in [-0.2, -0.15) is 0 Å². The van der Waals surface area contributed by atoms with E-state index in [0.29, 0.717) is 23.7 Å². The Bertz CT molecular complexity index is 946. The fourth-order valence-corrected chi connectivity index (χ4v) is 6.51. The van der Waals surface area contributed by atoms with E-state index in [-0.39, 0.29) is 0 Å². The Labute approximate surface area is 228 Å². The molecule has 3 aromatic rings. The lowest BCUT2D eigenvalue weighted by Crippen LogP contribution is -2.33. The molecule has 2 aromatic carbocycles. The van der Waals surface area contributed by atoms with E-state index in [1.54, 1.807) is 0 Å². The number of para-hydroxylation sites is 2. The fraction of sp³-hybridized carbons (Fsp3) is 0.571. The van der Waals surface area contributed by atoms with Gasteiger partial charge in [0.15, 0.2) is 0 Å². The van der Waals surface area contributed by atoms with Crippen LogP contribution in [0.25, 0.3) is 11.4 Å². The van der Waals surface area contributed by atoms with E-state index in [1.165, 1.54) is 33.6 Å². The van der Waals surface area contributed by atoms with Crippen molar-refractivity contribution in [1.29, 1.82) is 0 Å². The highest BCUT2D eigenvalue weighted by Gasteiger charge is 2.24. The number of rotatable bonds is 14. The van der Waals surface area contributed by atoms with Crippen molar-refractivity contribution in [2.24, 2.45) is 0 Å². The van der Waals surface area contributed by atoms with Gasteiger partial charge < -0.3 is 0 Å². The Morgan fingerprint density at radius 1 is 0.568 bits per heavy atom. The van der Waals surface area contributed by atoms with Gasteiger partial charge in [-0.05, 0) is 97.3 Å². The predicted molar refractivity (Wildman–Crippen MR) is 159 cm³/mol. The van der Waals surface area contributed by atoms with E-state index in [1.807, 2.05) is 0 Å². The molecule has 0 fully saturated rings. The molecular weight excluding hydrogens is 448 g/mol. The Kier molecular flexibility index (Phi) is 11.0. The summed E-state index contributed by atoms with van der Waals surface area (Å²) in [6, 6.07) is 14.0. The molecule has 3 rings (SSSR count). The van der Waals surface area contributed by atoms with E-state index >= 15 is 0 Å². The highest BCUT2D eigenvalue weighted by Crippen LogP contribution is 2.37. The maximum atomic E-state index is 3.85. The van der Waals surface area contributed by atoms with Crippen molar-refractivity contribution in [3.05, 3.63) is 77.4 Å². The first kappa shape index (κ1) is 29.2. The molecule has 0 amide bonds.